The number of aryl methyl sites for hydroxylation is 2. The molecule has 2 aromatic heterocycles. The zero-order chi connectivity index (χ0) is 36.6. The average molecular weight is 697 g/mol. The second-order valence-electron chi connectivity index (χ2n) is 14.0. The number of H-pyrrole nitrogens is 1. The molecule has 2 N–H and O–H groups in total. The quantitative estimate of drug-likeness (QED) is 0.113. The second kappa shape index (κ2) is 16.9. The van der Waals surface area contributed by atoms with Crippen molar-refractivity contribution in [2.45, 2.75) is 78.4 Å². The van der Waals surface area contributed by atoms with Crippen LogP contribution in [-0.4, -0.2) is 53.3 Å². The minimum atomic E-state index is 0.268. The van der Waals surface area contributed by atoms with Crippen molar-refractivity contribution in [1.82, 2.24) is 14.9 Å². The first-order valence-corrected chi connectivity index (χ1v) is 18.6. The van der Waals surface area contributed by atoms with Gasteiger partial charge in [0.2, 0.25) is 0 Å². The molecular formula is C45H52N4O3. The number of pyridine rings is 1. The molecular weight excluding hydrogens is 645 g/mol. The third-order valence-electron chi connectivity index (χ3n) is 10.3. The number of terminal acetylenes is 1. The van der Waals surface area contributed by atoms with E-state index in [4.69, 9.17) is 20.9 Å². The summed E-state index contributed by atoms with van der Waals surface area (Å²) in [5, 5.41) is 10.1. The first-order chi connectivity index (χ1) is 25.3. The summed E-state index contributed by atoms with van der Waals surface area (Å²) in [6.45, 7) is 10.4. The summed E-state index contributed by atoms with van der Waals surface area (Å²) in [6, 6.07) is 21.1. The number of benzene rings is 3. The van der Waals surface area contributed by atoms with E-state index in [1.54, 1.807) is 26.4 Å². The first kappa shape index (κ1) is 36.6. The molecule has 52 heavy (non-hydrogen) atoms. The van der Waals surface area contributed by atoms with Crippen LogP contribution in [0.15, 0.2) is 79.3 Å². The van der Waals surface area contributed by atoms with Crippen molar-refractivity contribution in [2.24, 2.45) is 0 Å². The van der Waals surface area contributed by atoms with Gasteiger partial charge < -0.3 is 24.5 Å². The van der Waals surface area contributed by atoms with Gasteiger partial charge in [-0.15, -0.1) is 6.42 Å². The lowest BCUT2D eigenvalue weighted by Gasteiger charge is -2.40. The van der Waals surface area contributed by atoms with Gasteiger partial charge in [-0.05, 0) is 115 Å². The molecule has 0 radical (unpaired) electrons. The number of ether oxygens (including phenoxy) is 2. The number of aromatic hydroxyl groups is 1. The fraction of sp³-hybridized carbons (Fsp3) is 0.356. The number of nitrogens with one attached hydrogen (secondary N) is 1. The van der Waals surface area contributed by atoms with Gasteiger partial charge in [-0.25, -0.2) is 0 Å². The number of hydrogen-bond donors (Lipinski definition) is 2. The molecule has 1 fully saturated rings. The van der Waals surface area contributed by atoms with Gasteiger partial charge in [-0.2, -0.15) is 0 Å². The van der Waals surface area contributed by atoms with E-state index in [1.165, 1.54) is 39.8 Å². The number of methoxy groups -OCH3 is 2. The average Bonchev–Trinajstić information content (AvgIpc) is 3.64. The van der Waals surface area contributed by atoms with Crippen molar-refractivity contribution >= 4 is 5.69 Å². The fourth-order valence-corrected chi connectivity index (χ4v) is 7.73. The molecule has 0 atom stereocenters. The van der Waals surface area contributed by atoms with Crippen molar-refractivity contribution in [2.75, 3.05) is 32.2 Å². The molecule has 3 aromatic carbocycles. The third-order valence-corrected chi connectivity index (χ3v) is 10.3. The molecule has 6 rings (SSSR count). The Labute approximate surface area is 309 Å². The molecule has 0 spiro atoms. The summed E-state index contributed by atoms with van der Waals surface area (Å²) in [5.74, 6) is 4.15. The van der Waals surface area contributed by atoms with Gasteiger partial charge in [0.15, 0.2) is 11.5 Å². The van der Waals surface area contributed by atoms with Crippen molar-refractivity contribution in [3.05, 3.63) is 113 Å². The Hall–Kier alpha value is -5.19. The van der Waals surface area contributed by atoms with Crippen molar-refractivity contribution < 1.29 is 14.6 Å². The number of likely N-dealkylation sites (tertiary alicyclic amines) is 1. The van der Waals surface area contributed by atoms with Crippen LogP contribution in [-0.2, 0) is 25.9 Å². The Morgan fingerprint density at radius 3 is 2.37 bits per heavy atom. The number of phenols is 1. The van der Waals surface area contributed by atoms with E-state index < -0.39 is 0 Å². The summed E-state index contributed by atoms with van der Waals surface area (Å²) < 4.78 is 11.1. The molecule has 7 nitrogen and oxygen atoms in total. The molecule has 0 amide bonds. The standard InChI is InChI=1S/C45H52N4O3/c1-7-10-35-24-36(20-31(4)42(35)11-8-2)38-21-32(26-46-28-38)29-48-18-16-40(17-19-48)49(39-12-14-41(50)15-13-39)30-33-22-43(47-27-33)37-23-34(9-3)45(52-6)44(25-37)51-5/h3,12-15,20-28,40,47,50H,7-8,10-11,16-19,29-30H2,1-2,4-6H3. The van der Waals surface area contributed by atoms with Crippen LogP contribution in [0.3, 0.4) is 0 Å². The zero-order valence-corrected chi connectivity index (χ0v) is 31.3. The largest absolute Gasteiger partial charge is 0.508 e. The molecule has 1 saturated heterocycles. The van der Waals surface area contributed by atoms with Crippen LogP contribution in [0.4, 0.5) is 5.69 Å². The summed E-state index contributed by atoms with van der Waals surface area (Å²) in [6.07, 6.45) is 18.6. The first-order valence-electron chi connectivity index (χ1n) is 18.6. The Kier molecular flexibility index (Phi) is 11.9. The molecule has 1 aliphatic heterocycles. The van der Waals surface area contributed by atoms with Gasteiger partial charge in [0.1, 0.15) is 5.75 Å². The number of rotatable bonds is 14. The van der Waals surface area contributed by atoms with E-state index in [-0.39, 0.29) is 5.75 Å². The number of aromatic nitrogens is 2. The molecule has 7 heteroatoms. The SMILES string of the molecule is C#Cc1cc(-c2cc(CN(c3ccc(O)cc3)C3CCN(Cc4cncc(-c5cc(C)c(CCC)c(CCC)c5)c4)CC3)c[nH]2)cc(OC)c1OC. The van der Waals surface area contributed by atoms with Crippen molar-refractivity contribution in [1.29, 1.82) is 0 Å². The van der Waals surface area contributed by atoms with Gasteiger partial charge in [-0.3, -0.25) is 9.88 Å². The van der Waals surface area contributed by atoms with E-state index in [0.717, 1.165) is 80.8 Å². The molecule has 0 aliphatic carbocycles. The number of piperidine rings is 1. The maximum atomic E-state index is 10.1. The number of hydrogen-bond acceptors (Lipinski definition) is 6. The third kappa shape index (κ3) is 8.30. The Balaban J connectivity index is 1.16. The predicted molar refractivity (Wildman–Crippen MR) is 212 cm³/mol. The van der Waals surface area contributed by atoms with Crippen molar-refractivity contribution in [3.63, 3.8) is 0 Å². The van der Waals surface area contributed by atoms with Gasteiger partial charge in [0.05, 0.1) is 19.8 Å². The monoisotopic (exact) mass is 696 g/mol. The van der Waals surface area contributed by atoms with E-state index >= 15 is 0 Å². The predicted octanol–water partition coefficient (Wildman–Crippen LogP) is 9.33. The van der Waals surface area contributed by atoms with Gasteiger partial charge in [0, 0.05) is 73.3 Å². The van der Waals surface area contributed by atoms with Crippen LogP contribution in [0.2, 0.25) is 0 Å². The highest BCUT2D eigenvalue weighted by Crippen LogP contribution is 2.37. The molecule has 270 valence electrons. The van der Waals surface area contributed by atoms with Crippen LogP contribution in [0, 0.1) is 19.3 Å². The van der Waals surface area contributed by atoms with Crippen LogP contribution < -0.4 is 14.4 Å². The minimum absolute atomic E-state index is 0.268. The molecule has 0 bridgehead atoms. The summed E-state index contributed by atoms with van der Waals surface area (Å²) in [5.41, 5.74) is 12.9. The van der Waals surface area contributed by atoms with Crippen LogP contribution in [0.1, 0.15) is 72.9 Å². The van der Waals surface area contributed by atoms with Crippen LogP contribution >= 0.6 is 0 Å². The van der Waals surface area contributed by atoms with Gasteiger partial charge in [-0.1, -0.05) is 44.7 Å². The lowest BCUT2D eigenvalue weighted by molar-refractivity contribution is 0.200. The fourth-order valence-electron chi connectivity index (χ4n) is 7.73. The van der Waals surface area contributed by atoms with Gasteiger partial charge in [0.25, 0.3) is 0 Å². The number of nitrogens with zero attached hydrogens (tertiary/aromatic N) is 3. The normalized spacial score (nSPS) is 13.5. The summed E-state index contributed by atoms with van der Waals surface area (Å²) in [4.78, 5) is 13.2. The Bertz CT molecular complexity index is 2000. The highest BCUT2D eigenvalue weighted by molar-refractivity contribution is 5.70. The van der Waals surface area contributed by atoms with Crippen LogP contribution in [0.25, 0.3) is 22.4 Å². The molecule has 0 unspecified atom stereocenters. The van der Waals surface area contributed by atoms with E-state index in [0.29, 0.717) is 23.1 Å². The number of phenolic OH excluding ortho intramolecular Hbond substituents is 1. The van der Waals surface area contributed by atoms with E-state index in [1.807, 2.05) is 36.7 Å². The van der Waals surface area contributed by atoms with E-state index in [9.17, 15) is 5.11 Å². The lowest BCUT2D eigenvalue weighted by Crippen LogP contribution is -2.44. The maximum Gasteiger partial charge on any atom is 0.176 e. The summed E-state index contributed by atoms with van der Waals surface area (Å²) in [7, 11) is 3.22. The van der Waals surface area contributed by atoms with Gasteiger partial charge >= 0.3 is 0 Å². The Morgan fingerprint density at radius 1 is 0.904 bits per heavy atom. The highest BCUT2D eigenvalue weighted by atomic mass is 16.5. The lowest BCUT2D eigenvalue weighted by atomic mass is 9.91. The topological polar surface area (TPSA) is 73.9 Å². The zero-order valence-electron chi connectivity index (χ0n) is 31.3. The summed E-state index contributed by atoms with van der Waals surface area (Å²) >= 11 is 0. The minimum Gasteiger partial charge on any atom is -0.508 e. The molecule has 5 aromatic rings. The van der Waals surface area contributed by atoms with E-state index in [2.05, 4.69) is 71.9 Å². The van der Waals surface area contributed by atoms with Crippen LogP contribution in [0.5, 0.6) is 17.2 Å². The molecule has 0 saturated carbocycles. The number of aromatic amines is 1. The molecule has 3 heterocycles. The highest BCUT2D eigenvalue weighted by Gasteiger charge is 2.26. The Morgan fingerprint density at radius 2 is 1.67 bits per heavy atom. The smallest absolute Gasteiger partial charge is 0.176 e. The number of anilines is 1. The van der Waals surface area contributed by atoms with Crippen molar-refractivity contribution in [3.8, 4) is 52.0 Å². The molecule has 1 aliphatic rings. The maximum absolute atomic E-state index is 10.1. The second-order valence-corrected chi connectivity index (χ2v) is 14.0.